The van der Waals surface area contributed by atoms with Crippen LogP contribution in [0.3, 0.4) is 0 Å². The topological polar surface area (TPSA) is 59.8 Å². The minimum atomic E-state index is 0.0843. The van der Waals surface area contributed by atoms with E-state index in [-0.39, 0.29) is 5.91 Å². The number of carbonyl (C=O) groups is 1. The monoisotopic (exact) mass is 372 g/mol. The lowest BCUT2D eigenvalue weighted by Crippen LogP contribution is -2.44. The Balaban J connectivity index is 1.59. The normalized spacial score (nSPS) is 23.0. The quantitative estimate of drug-likeness (QED) is 0.811. The van der Waals surface area contributed by atoms with E-state index in [0.717, 1.165) is 23.0 Å². The van der Waals surface area contributed by atoms with Crippen molar-refractivity contribution < 1.29 is 4.79 Å². The van der Waals surface area contributed by atoms with Crippen LogP contribution in [0.5, 0.6) is 0 Å². The molecule has 0 spiro atoms. The molecule has 2 aromatic rings. The third-order valence-corrected chi connectivity index (χ3v) is 6.52. The molecule has 3 atom stereocenters. The fourth-order valence-electron chi connectivity index (χ4n) is 3.64. The zero-order valence-corrected chi connectivity index (χ0v) is 16.8. The molecule has 1 fully saturated rings. The van der Waals surface area contributed by atoms with Gasteiger partial charge in [0.25, 0.3) is 0 Å². The van der Waals surface area contributed by atoms with Crippen LogP contribution >= 0.6 is 11.8 Å². The van der Waals surface area contributed by atoms with Gasteiger partial charge in [-0.3, -0.25) is 4.79 Å². The number of hydrogen-bond donors (Lipinski definition) is 1. The molecule has 6 heteroatoms. The molecule has 0 unspecified atom stereocenters. The molecule has 3 rings (SSSR count). The Morgan fingerprint density at radius 2 is 2.12 bits per heavy atom. The molecule has 1 aromatic carbocycles. The van der Waals surface area contributed by atoms with Gasteiger partial charge in [-0.25, -0.2) is 0 Å². The highest BCUT2D eigenvalue weighted by Gasteiger charge is 2.28. The minimum absolute atomic E-state index is 0.0843. The van der Waals surface area contributed by atoms with Crippen molar-refractivity contribution >= 4 is 17.7 Å². The summed E-state index contributed by atoms with van der Waals surface area (Å²) in [5.74, 6) is 2.50. The summed E-state index contributed by atoms with van der Waals surface area (Å²) < 4.78 is 1.96. The van der Waals surface area contributed by atoms with Gasteiger partial charge >= 0.3 is 0 Å². The van der Waals surface area contributed by atoms with Gasteiger partial charge in [-0.1, -0.05) is 62.2 Å². The lowest BCUT2D eigenvalue weighted by molar-refractivity contribution is -0.120. The van der Waals surface area contributed by atoms with Crippen molar-refractivity contribution in [3.05, 3.63) is 29.8 Å². The van der Waals surface area contributed by atoms with Crippen molar-refractivity contribution in [2.45, 2.75) is 51.2 Å². The van der Waals surface area contributed by atoms with Crippen LogP contribution in [-0.4, -0.2) is 32.5 Å². The predicted octanol–water partition coefficient (Wildman–Crippen LogP) is 3.82. The van der Waals surface area contributed by atoms with E-state index >= 15 is 0 Å². The molecule has 1 aliphatic carbocycles. The van der Waals surface area contributed by atoms with E-state index in [1.807, 2.05) is 23.7 Å². The van der Waals surface area contributed by atoms with Crippen LogP contribution in [-0.2, 0) is 11.8 Å². The van der Waals surface area contributed by atoms with Crippen LogP contribution in [0.15, 0.2) is 29.4 Å². The number of carbonyl (C=O) groups excluding carboxylic acids is 1. The lowest BCUT2D eigenvalue weighted by Gasteiger charge is -2.34. The van der Waals surface area contributed by atoms with Crippen molar-refractivity contribution in [3.8, 4) is 11.4 Å². The van der Waals surface area contributed by atoms with Gasteiger partial charge in [-0.15, -0.1) is 10.2 Å². The number of nitrogens with one attached hydrogen (secondary N) is 1. The Bertz CT molecular complexity index is 773. The van der Waals surface area contributed by atoms with Crippen molar-refractivity contribution in [1.82, 2.24) is 20.1 Å². The van der Waals surface area contributed by atoms with E-state index in [1.54, 1.807) is 0 Å². The van der Waals surface area contributed by atoms with E-state index < -0.39 is 0 Å². The summed E-state index contributed by atoms with van der Waals surface area (Å²) in [4.78, 5) is 12.4. The van der Waals surface area contributed by atoms with Gasteiger partial charge in [0.05, 0.1) is 5.75 Å². The molecule has 0 bridgehead atoms. The molecule has 0 radical (unpaired) electrons. The first-order valence-corrected chi connectivity index (χ1v) is 10.3. The molecule has 1 N–H and O–H groups in total. The number of nitrogens with zero attached hydrogens (tertiary/aromatic N) is 3. The largest absolute Gasteiger partial charge is 0.352 e. The molecule has 26 heavy (non-hydrogen) atoms. The summed E-state index contributed by atoms with van der Waals surface area (Å²) in [7, 11) is 1.95. The van der Waals surface area contributed by atoms with Gasteiger partial charge in [-0.2, -0.15) is 0 Å². The fourth-order valence-corrected chi connectivity index (χ4v) is 4.36. The maximum atomic E-state index is 12.4. The molecule has 5 nitrogen and oxygen atoms in total. The number of aryl methyl sites for hydroxylation is 1. The standard InChI is InChI=1S/C20H28N4OS/c1-13-7-5-9-16(11-13)19-22-23-20(24(19)4)26-12-18(25)21-17-10-6-8-14(2)15(17)3/h5,7,9,11,14-15,17H,6,8,10,12H2,1-4H3,(H,21,25)/t14-,15-,17-/m0/s1. The number of benzene rings is 1. The van der Waals surface area contributed by atoms with Gasteiger partial charge in [0.2, 0.25) is 5.91 Å². The molecule has 0 aliphatic heterocycles. The number of amides is 1. The van der Waals surface area contributed by atoms with E-state index in [9.17, 15) is 4.79 Å². The van der Waals surface area contributed by atoms with Crippen LogP contribution in [0.4, 0.5) is 0 Å². The van der Waals surface area contributed by atoms with Crippen molar-refractivity contribution in [1.29, 1.82) is 0 Å². The van der Waals surface area contributed by atoms with E-state index in [1.165, 1.54) is 30.2 Å². The lowest BCUT2D eigenvalue weighted by atomic mass is 9.78. The molecular formula is C20H28N4OS. The molecule has 1 amide bonds. The summed E-state index contributed by atoms with van der Waals surface area (Å²) >= 11 is 1.44. The molecule has 140 valence electrons. The van der Waals surface area contributed by atoms with Crippen LogP contribution in [0, 0.1) is 18.8 Å². The van der Waals surface area contributed by atoms with Crippen LogP contribution in [0.1, 0.15) is 38.7 Å². The first-order chi connectivity index (χ1) is 12.5. The Hall–Kier alpha value is -1.82. The van der Waals surface area contributed by atoms with E-state index in [4.69, 9.17) is 0 Å². The van der Waals surface area contributed by atoms with Crippen LogP contribution < -0.4 is 5.32 Å². The summed E-state index contributed by atoms with van der Waals surface area (Å²) in [5.41, 5.74) is 2.23. The van der Waals surface area contributed by atoms with Crippen molar-refractivity contribution in [2.75, 3.05) is 5.75 Å². The Morgan fingerprint density at radius 3 is 2.88 bits per heavy atom. The molecule has 1 heterocycles. The number of aromatic nitrogens is 3. The summed E-state index contributed by atoms with van der Waals surface area (Å²) in [5, 5.41) is 12.5. The smallest absolute Gasteiger partial charge is 0.230 e. The van der Waals surface area contributed by atoms with Gasteiger partial charge in [0, 0.05) is 18.7 Å². The average molecular weight is 373 g/mol. The van der Waals surface area contributed by atoms with E-state index in [2.05, 4.69) is 48.4 Å². The Labute approximate surface area is 160 Å². The highest BCUT2D eigenvalue weighted by molar-refractivity contribution is 7.99. The fraction of sp³-hybridized carbons (Fsp3) is 0.550. The second kappa shape index (κ2) is 8.25. The van der Waals surface area contributed by atoms with Gasteiger partial charge in [-0.05, 0) is 31.2 Å². The number of thioether (sulfide) groups is 1. The van der Waals surface area contributed by atoms with Gasteiger partial charge in [0.1, 0.15) is 0 Å². The molecule has 0 saturated heterocycles. The zero-order chi connectivity index (χ0) is 18.7. The first kappa shape index (κ1) is 19.0. The maximum absolute atomic E-state index is 12.4. The SMILES string of the molecule is Cc1cccc(-c2nnc(SCC(=O)N[C@H]3CCC[C@H](C)[C@@H]3C)n2C)c1. The second-order valence-electron chi connectivity index (χ2n) is 7.46. The third-order valence-electron chi connectivity index (χ3n) is 5.50. The Kier molecular flexibility index (Phi) is 6.01. The van der Waals surface area contributed by atoms with Crippen molar-refractivity contribution in [3.63, 3.8) is 0 Å². The predicted molar refractivity (Wildman–Crippen MR) is 106 cm³/mol. The second-order valence-corrected chi connectivity index (χ2v) is 8.41. The third kappa shape index (κ3) is 4.29. The summed E-state index contributed by atoms with van der Waals surface area (Å²) in [6.07, 6.45) is 3.55. The first-order valence-electron chi connectivity index (χ1n) is 9.34. The van der Waals surface area contributed by atoms with Crippen LogP contribution in [0.2, 0.25) is 0 Å². The van der Waals surface area contributed by atoms with Gasteiger partial charge in [0.15, 0.2) is 11.0 Å². The minimum Gasteiger partial charge on any atom is -0.352 e. The Morgan fingerprint density at radius 1 is 1.31 bits per heavy atom. The molecule has 1 aliphatic rings. The summed E-state index contributed by atoms with van der Waals surface area (Å²) in [6.45, 7) is 6.59. The number of hydrogen-bond acceptors (Lipinski definition) is 4. The van der Waals surface area contributed by atoms with Crippen LogP contribution in [0.25, 0.3) is 11.4 Å². The summed E-state index contributed by atoms with van der Waals surface area (Å²) in [6, 6.07) is 8.51. The zero-order valence-electron chi connectivity index (χ0n) is 16.0. The number of rotatable bonds is 5. The van der Waals surface area contributed by atoms with Gasteiger partial charge < -0.3 is 9.88 Å². The molecular weight excluding hydrogens is 344 g/mol. The van der Waals surface area contributed by atoms with Crippen molar-refractivity contribution in [2.24, 2.45) is 18.9 Å². The maximum Gasteiger partial charge on any atom is 0.230 e. The highest BCUT2D eigenvalue weighted by Crippen LogP contribution is 2.29. The highest BCUT2D eigenvalue weighted by atomic mass is 32.2. The van der Waals surface area contributed by atoms with E-state index in [0.29, 0.717) is 23.6 Å². The molecule has 1 aromatic heterocycles. The molecule has 1 saturated carbocycles. The average Bonchev–Trinajstić information content (AvgIpc) is 2.98.